The Morgan fingerprint density at radius 3 is 2.50 bits per heavy atom. The maximum Gasteiger partial charge on any atom is 0.255 e. The molecule has 40 heavy (non-hydrogen) atoms. The summed E-state index contributed by atoms with van der Waals surface area (Å²) >= 11 is 0. The largest absolute Gasteiger partial charge is 0.510 e. The minimum Gasteiger partial charge on any atom is -0.510 e. The van der Waals surface area contributed by atoms with Crippen molar-refractivity contribution in [3.8, 4) is 5.75 Å². The summed E-state index contributed by atoms with van der Waals surface area (Å²) in [5.74, 6) is -7.64. The number of ether oxygens (including phenoxy) is 1. The molecule has 4 aliphatic rings. The van der Waals surface area contributed by atoms with Crippen LogP contribution in [0.3, 0.4) is 0 Å². The van der Waals surface area contributed by atoms with Crippen LogP contribution in [-0.2, 0) is 25.5 Å². The van der Waals surface area contributed by atoms with Crippen molar-refractivity contribution < 1.29 is 44.3 Å². The van der Waals surface area contributed by atoms with Crippen LogP contribution in [0.15, 0.2) is 58.8 Å². The van der Waals surface area contributed by atoms with Crippen molar-refractivity contribution in [2.45, 2.75) is 30.4 Å². The Hall–Kier alpha value is -4.22. The first-order chi connectivity index (χ1) is 18.9. The van der Waals surface area contributed by atoms with Crippen LogP contribution in [0.4, 0.5) is 0 Å². The van der Waals surface area contributed by atoms with Gasteiger partial charge < -0.3 is 35.7 Å². The highest BCUT2D eigenvalue weighted by Gasteiger charge is 2.63. The number of fused-ring (bicyclic) bond motifs is 3. The number of Topliss-reactive ketones (excluding diaryl/α,β-unsaturated/α-hetero) is 2. The number of methoxy groups -OCH3 is 1. The lowest BCUT2D eigenvalue weighted by Crippen LogP contribution is -2.63. The van der Waals surface area contributed by atoms with Crippen molar-refractivity contribution in [1.29, 1.82) is 0 Å². The number of hydrogen-bond acceptors (Lipinski definition) is 10. The van der Waals surface area contributed by atoms with Gasteiger partial charge in [-0.3, -0.25) is 19.3 Å². The fourth-order valence-electron chi connectivity index (χ4n) is 6.83. The van der Waals surface area contributed by atoms with Gasteiger partial charge in [-0.25, -0.2) is 0 Å². The number of amides is 1. The summed E-state index contributed by atoms with van der Waals surface area (Å²) in [4.78, 5) is 52.9. The zero-order valence-corrected chi connectivity index (χ0v) is 22.1. The third-order valence-electron chi connectivity index (χ3n) is 8.63. The van der Waals surface area contributed by atoms with Crippen molar-refractivity contribution in [3.63, 3.8) is 0 Å². The molecule has 11 heteroatoms. The number of nitrogens with zero attached hydrogens (tertiary/aromatic N) is 1. The number of aliphatic hydroxyl groups excluding tert-OH is 2. The number of ketones is 2. The van der Waals surface area contributed by atoms with Crippen LogP contribution < -0.4 is 5.73 Å². The topological polar surface area (TPSA) is 188 Å². The van der Waals surface area contributed by atoms with Crippen molar-refractivity contribution in [2.75, 3.05) is 21.2 Å². The molecule has 0 aromatic heterocycles. The summed E-state index contributed by atoms with van der Waals surface area (Å²) in [7, 11) is 4.63. The zero-order valence-electron chi connectivity index (χ0n) is 22.1. The van der Waals surface area contributed by atoms with Gasteiger partial charge in [0.05, 0.1) is 18.7 Å². The summed E-state index contributed by atoms with van der Waals surface area (Å²) in [6, 6.07) is 1.90. The van der Waals surface area contributed by atoms with Gasteiger partial charge in [-0.05, 0) is 62.2 Å². The Balaban J connectivity index is 1.68. The molecule has 210 valence electrons. The van der Waals surface area contributed by atoms with Gasteiger partial charge in [-0.1, -0.05) is 12.1 Å². The Bertz CT molecular complexity index is 1480. The smallest absolute Gasteiger partial charge is 0.255 e. The number of rotatable bonds is 5. The molecule has 4 aliphatic carbocycles. The van der Waals surface area contributed by atoms with Crippen LogP contribution in [0.5, 0.6) is 5.75 Å². The van der Waals surface area contributed by atoms with Crippen molar-refractivity contribution >= 4 is 23.8 Å². The molecule has 0 heterocycles. The molecule has 6 N–H and O–H groups in total. The number of aromatic hydroxyl groups is 1. The predicted molar refractivity (Wildman–Crippen MR) is 140 cm³/mol. The van der Waals surface area contributed by atoms with Crippen molar-refractivity contribution in [3.05, 3.63) is 75.5 Å². The number of phenolic OH excluding ortho intramolecular Hbond substituents is 1. The van der Waals surface area contributed by atoms with Crippen LogP contribution in [0.2, 0.25) is 0 Å². The maximum atomic E-state index is 13.9. The van der Waals surface area contributed by atoms with Gasteiger partial charge in [-0.2, -0.15) is 0 Å². The molecule has 1 aromatic carbocycles. The lowest BCUT2D eigenvalue weighted by Gasteiger charge is -2.50. The Labute approximate surface area is 229 Å². The normalized spacial score (nSPS) is 31.4. The number of primary amides is 1. The Morgan fingerprint density at radius 1 is 1.20 bits per heavy atom. The highest BCUT2D eigenvalue weighted by atomic mass is 16.5. The minimum atomic E-state index is -2.70. The Kier molecular flexibility index (Phi) is 6.47. The second-order valence-corrected chi connectivity index (χ2v) is 10.9. The third kappa shape index (κ3) is 3.65. The van der Waals surface area contributed by atoms with Crippen molar-refractivity contribution in [1.82, 2.24) is 4.90 Å². The molecule has 6 atom stereocenters. The fourth-order valence-corrected chi connectivity index (χ4v) is 6.83. The number of nitrogens with two attached hydrogens (primary N) is 1. The number of allylic oxidation sites excluding steroid dienone is 4. The molecule has 1 aromatic rings. The molecule has 0 bridgehead atoms. The molecule has 2 unspecified atom stereocenters. The average Bonchev–Trinajstić information content (AvgIpc) is 2.90. The number of carbonyl (C=O) groups excluding carboxylic acids is 4. The van der Waals surface area contributed by atoms with Gasteiger partial charge in [0, 0.05) is 23.3 Å². The number of hydrogen-bond donors (Lipinski definition) is 5. The first-order valence-electron chi connectivity index (χ1n) is 12.8. The second-order valence-electron chi connectivity index (χ2n) is 10.9. The van der Waals surface area contributed by atoms with E-state index in [9.17, 15) is 39.6 Å². The summed E-state index contributed by atoms with van der Waals surface area (Å²) in [6.07, 6.45) is 6.05. The van der Waals surface area contributed by atoms with E-state index in [4.69, 9.17) is 10.5 Å². The van der Waals surface area contributed by atoms with Crippen LogP contribution >= 0.6 is 0 Å². The van der Waals surface area contributed by atoms with E-state index in [1.165, 1.54) is 18.1 Å². The molecule has 0 fully saturated rings. The number of benzene rings is 1. The molecule has 0 saturated carbocycles. The van der Waals surface area contributed by atoms with Crippen LogP contribution in [0.1, 0.15) is 33.8 Å². The standard InChI is InChI=1S/C29H30N2O9/c1-31(2)23-18-10-12-9-17-16(15-5-4-14(40-3)8-13(15)11-32)6-7-19(33)21(17)24(34)20(12)26(36)29(18,39)27(37)22(25(23)35)28(30)38/h4-8,11-13,15,18,23,33,35-36,39H,9-10H2,1-3H3,(H2,30,38)/t12-,13?,15?,18-,23-,29-/m0/s1. The van der Waals surface area contributed by atoms with Gasteiger partial charge in [-0.15, -0.1) is 0 Å². The summed E-state index contributed by atoms with van der Waals surface area (Å²) in [6.45, 7) is 0. The third-order valence-corrected chi connectivity index (χ3v) is 8.63. The molecular weight excluding hydrogens is 520 g/mol. The van der Waals surface area contributed by atoms with E-state index in [2.05, 4.69) is 0 Å². The molecule has 0 saturated heterocycles. The van der Waals surface area contributed by atoms with Crippen LogP contribution in [0.25, 0.3) is 0 Å². The van der Waals surface area contributed by atoms with Gasteiger partial charge in [0.2, 0.25) is 5.78 Å². The maximum absolute atomic E-state index is 13.9. The molecule has 5 rings (SSSR count). The van der Waals surface area contributed by atoms with E-state index in [1.54, 1.807) is 38.4 Å². The van der Waals surface area contributed by atoms with Crippen LogP contribution in [0, 0.1) is 17.8 Å². The van der Waals surface area contributed by atoms with E-state index >= 15 is 0 Å². The van der Waals surface area contributed by atoms with Crippen LogP contribution in [-0.4, -0.2) is 81.9 Å². The summed E-state index contributed by atoms with van der Waals surface area (Å²) in [5, 5.41) is 44.8. The molecule has 0 aliphatic heterocycles. The lowest BCUT2D eigenvalue weighted by atomic mass is 9.58. The predicted octanol–water partition coefficient (Wildman–Crippen LogP) is 1.12. The van der Waals surface area contributed by atoms with Gasteiger partial charge >= 0.3 is 0 Å². The molecule has 1 amide bonds. The van der Waals surface area contributed by atoms with Crippen molar-refractivity contribution in [2.24, 2.45) is 23.5 Å². The van der Waals surface area contributed by atoms with E-state index in [0.717, 1.165) is 6.29 Å². The highest BCUT2D eigenvalue weighted by molar-refractivity contribution is 6.24. The lowest BCUT2D eigenvalue weighted by molar-refractivity contribution is -0.148. The monoisotopic (exact) mass is 550 g/mol. The van der Waals surface area contributed by atoms with E-state index in [1.807, 2.05) is 0 Å². The second kappa shape index (κ2) is 9.46. The minimum absolute atomic E-state index is 0.0216. The summed E-state index contributed by atoms with van der Waals surface area (Å²) in [5.41, 5.74) is 2.58. The number of likely N-dealkylation sites (N-methyl/N-ethyl adjacent to an activating group) is 1. The van der Waals surface area contributed by atoms with Gasteiger partial charge in [0.25, 0.3) is 5.91 Å². The molecule has 11 nitrogen and oxygen atoms in total. The number of carbonyl (C=O) groups is 4. The SMILES string of the molecule is COC1=CC(C=O)C(c2ccc(O)c3c2C[C@H]2C[C@H]4[C@H](N(C)C)C(O)=C(C(N)=O)C(=O)[C@@]4(O)C(O)=C2C3=O)C=C1. The molecule has 0 spiro atoms. The summed E-state index contributed by atoms with van der Waals surface area (Å²) < 4.78 is 5.25. The number of phenols is 1. The highest BCUT2D eigenvalue weighted by Crippen LogP contribution is 2.53. The molecule has 0 radical (unpaired) electrons. The van der Waals surface area contributed by atoms with Gasteiger partial charge in [0.15, 0.2) is 11.4 Å². The first-order valence-corrected chi connectivity index (χ1v) is 12.8. The first kappa shape index (κ1) is 27.4. The Morgan fingerprint density at radius 2 is 1.90 bits per heavy atom. The quantitative estimate of drug-likeness (QED) is 0.263. The van der Waals surface area contributed by atoms with Gasteiger partial charge in [0.1, 0.15) is 34.9 Å². The van der Waals surface area contributed by atoms with E-state index < -0.39 is 69.9 Å². The number of aliphatic hydroxyl groups is 3. The molecular formula is C29H30N2O9. The van der Waals surface area contributed by atoms with E-state index in [0.29, 0.717) is 16.9 Å². The average molecular weight is 551 g/mol. The fraction of sp³-hybridized carbons (Fsp3) is 0.379. The van der Waals surface area contributed by atoms with E-state index in [-0.39, 0.29) is 29.7 Å². The zero-order chi connectivity index (χ0) is 29.3. The number of aldehydes is 1.